The van der Waals surface area contributed by atoms with Crippen LogP contribution in [0.1, 0.15) is 69.1 Å². The summed E-state index contributed by atoms with van der Waals surface area (Å²) in [4.78, 5) is 91.2. The predicted molar refractivity (Wildman–Crippen MR) is 230 cm³/mol. The Kier molecular flexibility index (Phi) is 16.2. The fraction of sp³-hybridized carbons (Fsp3) is 0.444. The van der Waals surface area contributed by atoms with E-state index in [9.17, 15) is 33.6 Å². The van der Waals surface area contributed by atoms with Crippen LogP contribution in [-0.2, 0) is 63.7 Å². The molecule has 6 rings (SSSR count). The highest BCUT2D eigenvalue weighted by molar-refractivity contribution is 7.16. The summed E-state index contributed by atoms with van der Waals surface area (Å²) in [6.07, 6.45) is -6.44. The zero-order valence-corrected chi connectivity index (χ0v) is 37.1. The van der Waals surface area contributed by atoms with E-state index in [0.29, 0.717) is 12.1 Å². The highest BCUT2D eigenvalue weighted by Gasteiger charge is 2.56. The molecule has 1 aliphatic carbocycles. The van der Waals surface area contributed by atoms with E-state index in [1.165, 1.54) is 12.1 Å². The number of hydrogen-bond donors (Lipinski definition) is 2. The van der Waals surface area contributed by atoms with E-state index in [1.807, 2.05) is 48.5 Å². The minimum atomic E-state index is -1.74. The number of carbonyl (C=O) groups excluding carboxylic acids is 7. The molecule has 3 unspecified atom stereocenters. The summed E-state index contributed by atoms with van der Waals surface area (Å²) in [5.41, 5.74) is 4.72. The highest BCUT2D eigenvalue weighted by Crippen LogP contribution is 2.44. The molecule has 19 heteroatoms. The van der Waals surface area contributed by atoms with Gasteiger partial charge in [-0.3, -0.25) is 19.2 Å². The van der Waals surface area contributed by atoms with Gasteiger partial charge in [0.1, 0.15) is 19.0 Å². The van der Waals surface area contributed by atoms with Crippen molar-refractivity contribution in [3.8, 4) is 16.9 Å². The van der Waals surface area contributed by atoms with Crippen molar-refractivity contribution < 1.29 is 71.5 Å². The molecule has 342 valence electrons. The molecule has 0 aromatic heterocycles. The van der Waals surface area contributed by atoms with Crippen LogP contribution in [0.15, 0.2) is 66.7 Å². The van der Waals surface area contributed by atoms with Crippen LogP contribution in [0.4, 0.5) is 15.3 Å². The number of esters is 4. The van der Waals surface area contributed by atoms with Crippen molar-refractivity contribution in [3.63, 3.8) is 0 Å². The average molecular weight is 906 g/mol. The number of likely N-dealkylation sites (tertiary alicyclic amines) is 1. The van der Waals surface area contributed by atoms with Gasteiger partial charge in [0.15, 0.2) is 18.3 Å². The van der Waals surface area contributed by atoms with Gasteiger partial charge in [-0.2, -0.15) is 0 Å². The maximum atomic E-state index is 13.5. The minimum Gasteiger partial charge on any atom is -0.467 e. The first-order valence-electron chi connectivity index (χ1n) is 20.8. The van der Waals surface area contributed by atoms with Gasteiger partial charge < -0.3 is 53.4 Å². The lowest BCUT2D eigenvalue weighted by Gasteiger charge is -2.43. The third-order valence-electron chi connectivity index (χ3n) is 10.8. The molecule has 3 aliphatic rings. The van der Waals surface area contributed by atoms with Gasteiger partial charge in [0, 0.05) is 52.2 Å². The Morgan fingerprint density at radius 2 is 1.45 bits per heavy atom. The Labute approximate surface area is 372 Å². The molecule has 64 heavy (non-hydrogen) atoms. The number of anilines is 1. The van der Waals surface area contributed by atoms with Crippen LogP contribution in [0.3, 0.4) is 0 Å². The molecule has 2 aliphatic heterocycles. The van der Waals surface area contributed by atoms with E-state index in [2.05, 4.69) is 19.9 Å². The lowest BCUT2D eigenvalue weighted by molar-refractivity contribution is -0.282. The Morgan fingerprint density at radius 3 is 2.09 bits per heavy atom. The molecule has 3 amide bonds. The summed E-state index contributed by atoms with van der Waals surface area (Å²) in [5.74, 6) is -4.50. The van der Waals surface area contributed by atoms with Crippen LogP contribution in [0.25, 0.3) is 11.1 Å². The van der Waals surface area contributed by atoms with E-state index in [4.69, 9.17) is 37.9 Å². The van der Waals surface area contributed by atoms with Crippen molar-refractivity contribution in [1.82, 2.24) is 10.2 Å². The van der Waals surface area contributed by atoms with Gasteiger partial charge in [-0.1, -0.05) is 54.6 Å². The Bertz CT molecular complexity index is 2180. The van der Waals surface area contributed by atoms with Crippen LogP contribution in [0.2, 0.25) is 0 Å². The molecule has 0 bridgehead atoms. The summed E-state index contributed by atoms with van der Waals surface area (Å²) >= 11 is 0. The van der Waals surface area contributed by atoms with Gasteiger partial charge >= 0.3 is 36.1 Å². The standard InChI is InChI=1S/C45H52N3O15P/c1-25(49)59-38-39(60-26(2)50)41(61-27(3)51)43(63-40(38)42(53)56-4)62-36-16-15-28(23-58-45(55)48-20-9-10-29(48)18-21-64)22-35(36)47-37(52)17-19-46-44(54)57-24-34-32-13-7-5-11-30(32)31-12-6-8-14-33(31)34/h5-8,11-16,22,29,34,38-41,43H,9-10,17-21,23-24,64H2,1-4H3,(H,46,54)(H,47,52)/t29?,38-,39-,40-,41+,43?/m0/s1. The van der Waals surface area contributed by atoms with Gasteiger partial charge in [0.05, 0.1) is 12.8 Å². The summed E-state index contributed by atoms with van der Waals surface area (Å²) in [7, 11) is 3.72. The molecule has 2 heterocycles. The minimum absolute atomic E-state index is 0.0210. The van der Waals surface area contributed by atoms with E-state index in [-0.39, 0.29) is 49.6 Å². The van der Waals surface area contributed by atoms with E-state index >= 15 is 0 Å². The zero-order valence-electron chi connectivity index (χ0n) is 35.9. The SMILES string of the molecule is COC(=O)[C@H]1OC(Oc2ccc(COC(=O)N3CCCC3CCP)cc2NC(=O)CCNC(=O)OCC2c3ccccc3-c3ccccc32)[C@H](OC(C)=O)[C@@H](OC(C)=O)[C@@H]1OC(C)=O. The summed E-state index contributed by atoms with van der Waals surface area (Å²) in [5, 5.41) is 5.35. The number of carbonyl (C=O) groups is 7. The molecule has 3 aromatic carbocycles. The fourth-order valence-corrected chi connectivity index (χ4v) is 8.49. The molecule has 2 saturated heterocycles. The summed E-state index contributed by atoms with van der Waals surface area (Å²) in [6, 6.07) is 20.4. The van der Waals surface area contributed by atoms with Crippen LogP contribution in [-0.4, -0.2) is 117 Å². The van der Waals surface area contributed by atoms with Crippen molar-refractivity contribution in [3.05, 3.63) is 83.4 Å². The van der Waals surface area contributed by atoms with Crippen molar-refractivity contribution in [2.45, 2.75) is 95.7 Å². The molecule has 2 fully saturated rings. The normalized spacial score (nSPS) is 21.0. The van der Waals surface area contributed by atoms with Crippen molar-refractivity contribution in [1.29, 1.82) is 0 Å². The third-order valence-corrected chi connectivity index (χ3v) is 11.2. The lowest BCUT2D eigenvalue weighted by Crippen LogP contribution is -2.64. The van der Waals surface area contributed by atoms with Crippen LogP contribution >= 0.6 is 9.24 Å². The molecule has 18 nitrogen and oxygen atoms in total. The number of ether oxygens (including phenoxy) is 8. The number of benzene rings is 3. The smallest absolute Gasteiger partial charge is 0.410 e. The van der Waals surface area contributed by atoms with Crippen molar-refractivity contribution in [2.24, 2.45) is 0 Å². The summed E-state index contributed by atoms with van der Waals surface area (Å²) < 4.78 is 44.6. The third kappa shape index (κ3) is 11.6. The molecular weight excluding hydrogens is 853 g/mol. The number of hydrogen-bond acceptors (Lipinski definition) is 15. The first-order valence-corrected chi connectivity index (χ1v) is 21.7. The Hall–Kier alpha value is -6.26. The fourth-order valence-electron chi connectivity index (χ4n) is 8.10. The first-order chi connectivity index (χ1) is 30.8. The van der Waals surface area contributed by atoms with E-state index in [0.717, 1.165) is 75.6 Å². The number of rotatable bonds is 16. The second-order valence-electron chi connectivity index (χ2n) is 15.3. The van der Waals surface area contributed by atoms with Gasteiger partial charge in [-0.25, -0.2) is 14.4 Å². The van der Waals surface area contributed by atoms with Crippen molar-refractivity contribution in [2.75, 3.05) is 38.3 Å². The van der Waals surface area contributed by atoms with Crippen molar-refractivity contribution >= 4 is 56.9 Å². The number of nitrogens with one attached hydrogen (secondary N) is 2. The second kappa shape index (κ2) is 21.9. The Balaban J connectivity index is 1.19. The number of fused-ring (bicyclic) bond motifs is 3. The number of alkyl carbamates (subject to hydrolysis) is 1. The van der Waals surface area contributed by atoms with Gasteiger partial charge in [-0.05, 0) is 65.4 Å². The molecule has 3 aromatic rings. The zero-order chi connectivity index (χ0) is 45.9. The average Bonchev–Trinajstić information content (AvgIpc) is 3.86. The van der Waals surface area contributed by atoms with E-state index in [1.54, 1.807) is 11.0 Å². The quantitative estimate of drug-likeness (QED) is 0.110. The van der Waals surface area contributed by atoms with Crippen LogP contribution < -0.4 is 15.4 Å². The van der Waals surface area contributed by atoms with Gasteiger partial charge in [-0.15, -0.1) is 9.24 Å². The largest absolute Gasteiger partial charge is 0.467 e. The summed E-state index contributed by atoms with van der Waals surface area (Å²) in [6.45, 7) is 3.52. The molecular formula is C45H52N3O15P. The van der Waals surface area contributed by atoms with Gasteiger partial charge in [0.2, 0.25) is 18.3 Å². The monoisotopic (exact) mass is 905 g/mol. The van der Waals surface area contributed by atoms with Crippen LogP contribution in [0, 0.1) is 0 Å². The second-order valence-corrected chi connectivity index (χ2v) is 15.9. The molecule has 0 radical (unpaired) electrons. The maximum absolute atomic E-state index is 13.5. The number of nitrogens with zero attached hydrogens (tertiary/aromatic N) is 1. The van der Waals surface area contributed by atoms with Crippen LogP contribution in [0.5, 0.6) is 5.75 Å². The molecule has 7 atom stereocenters. The molecule has 0 spiro atoms. The highest BCUT2D eigenvalue weighted by atomic mass is 31.0. The van der Waals surface area contributed by atoms with E-state index < -0.39 is 72.7 Å². The lowest BCUT2D eigenvalue weighted by atomic mass is 9.97. The maximum Gasteiger partial charge on any atom is 0.410 e. The number of amides is 3. The first kappa shape index (κ1) is 47.2. The number of methoxy groups -OCH3 is 1. The predicted octanol–water partition coefficient (Wildman–Crippen LogP) is 4.99. The molecule has 2 N–H and O–H groups in total. The topological polar surface area (TPSA) is 221 Å². The Morgan fingerprint density at radius 1 is 0.812 bits per heavy atom. The van der Waals surface area contributed by atoms with Gasteiger partial charge in [0.25, 0.3) is 0 Å². The molecule has 0 saturated carbocycles.